The fourth-order valence-electron chi connectivity index (χ4n) is 3.69. The van der Waals surface area contributed by atoms with Gasteiger partial charge in [-0.2, -0.15) is 8.78 Å². The topological polar surface area (TPSA) is 104 Å². The number of hydrogen-bond acceptors (Lipinski definition) is 8. The molecule has 3 amide bonds. The van der Waals surface area contributed by atoms with Crippen LogP contribution in [0.2, 0.25) is 0 Å². The Morgan fingerprint density at radius 3 is 2.80 bits per heavy atom. The minimum absolute atomic E-state index is 0.0329. The zero-order chi connectivity index (χ0) is 24.9. The monoisotopic (exact) mass is 513 g/mol. The summed E-state index contributed by atoms with van der Waals surface area (Å²) in [5, 5.41) is 5.72. The molecule has 2 aromatic rings. The van der Waals surface area contributed by atoms with Gasteiger partial charge in [-0.3, -0.25) is 19.3 Å². The number of hydrogen-bond donors (Lipinski definition) is 1. The average Bonchev–Trinajstić information content (AvgIpc) is 3.39. The summed E-state index contributed by atoms with van der Waals surface area (Å²) in [6.07, 6.45) is -3.04. The number of aromatic nitrogens is 1. The van der Waals surface area contributed by atoms with Gasteiger partial charge in [0.25, 0.3) is 11.8 Å². The predicted octanol–water partition coefficient (Wildman–Crippen LogP) is 1.81. The second-order valence-electron chi connectivity index (χ2n) is 7.72. The van der Waals surface area contributed by atoms with Gasteiger partial charge in [0.05, 0.1) is 44.0 Å². The van der Waals surface area contributed by atoms with Gasteiger partial charge in [-0.25, -0.2) is 19.2 Å². The summed E-state index contributed by atoms with van der Waals surface area (Å²) in [5.74, 6) is -2.28. The van der Waals surface area contributed by atoms with Crippen molar-refractivity contribution in [1.82, 2.24) is 15.4 Å². The summed E-state index contributed by atoms with van der Waals surface area (Å²) < 4.78 is 44.7. The Hall–Kier alpha value is -3.39. The fourth-order valence-corrected chi connectivity index (χ4v) is 4.30. The Morgan fingerprint density at radius 1 is 1.26 bits per heavy atom. The van der Waals surface area contributed by atoms with Crippen LogP contribution in [0.5, 0.6) is 0 Å². The van der Waals surface area contributed by atoms with Crippen LogP contribution in [0.3, 0.4) is 0 Å². The first-order valence-corrected chi connectivity index (χ1v) is 11.6. The molecule has 2 aliphatic heterocycles. The van der Waals surface area contributed by atoms with Gasteiger partial charge in [0, 0.05) is 24.7 Å². The highest BCUT2D eigenvalue weighted by Crippen LogP contribution is 2.28. The smallest absolute Gasteiger partial charge is 0.414 e. The standard InChI is InChI=1S/C21H22F3N5O5S/c22-15-9-13(28-12-14(34-21(28)32)11-26-20(31)19(23)24)1-2-16(15)27-4-5-29(33-7-6-27)18(30)10-17-25-3-8-35-17/h1-3,8-9,14,19H,4-7,10-12H2,(H,26,31)/t14-/m0/s1. The number of nitrogens with one attached hydrogen (secondary N) is 1. The number of benzene rings is 1. The van der Waals surface area contributed by atoms with E-state index >= 15 is 4.39 Å². The molecule has 1 N–H and O–H groups in total. The molecule has 2 saturated heterocycles. The van der Waals surface area contributed by atoms with Gasteiger partial charge < -0.3 is 15.0 Å². The van der Waals surface area contributed by atoms with Crippen LogP contribution in [-0.2, 0) is 25.6 Å². The first-order chi connectivity index (χ1) is 16.8. The van der Waals surface area contributed by atoms with E-state index < -0.39 is 30.3 Å². The third kappa shape index (κ3) is 6.00. The van der Waals surface area contributed by atoms with Gasteiger partial charge in [-0.15, -0.1) is 11.3 Å². The lowest BCUT2D eigenvalue weighted by atomic mass is 10.2. The maximum atomic E-state index is 15.0. The largest absolute Gasteiger partial charge is 0.442 e. The van der Waals surface area contributed by atoms with Gasteiger partial charge in [-0.1, -0.05) is 0 Å². The van der Waals surface area contributed by atoms with E-state index in [1.54, 1.807) is 16.5 Å². The van der Waals surface area contributed by atoms with Crippen molar-refractivity contribution in [2.45, 2.75) is 19.0 Å². The van der Waals surface area contributed by atoms with E-state index in [2.05, 4.69) is 4.98 Å². The molecule has 1 aromatic carbocycles. The molecule has 0 spiro atoms. The number of amides is 3. The number of carbonyl (C=O) groups is 3. The summed E-state index contributed by atoms with van der Waals surface area (Å²) in [4.78, 5) is 48.2. The highest BCUT2D eigenvalue weighted by Gasteiger charge is 2.33. The lowest BCUT2D eigenvalue weighted by molar-refractivity contribution is -0.181. The third-order valence-electron chi connectivity index (χ3n) is 5.41. The molecule has 2 aliphatic rings. The number of alkyl halides is 2. The lowest BCUT2D eigenvalue weighted by Gasteiger charge is -2.24. The number of carbonyl (C=O) groups excluding carboxylic acids is 3. The van der Waals surface area contributed by atoms with Gasteiger partial charge >= 0.3 is 12.5 Å². The van der Waals surface area contributed by atoms with Crippen LogP contribution in [0.4, 0.5) is 29.3 Å². The van der Waals surface area contributed by atoms with Crippen LogP contribution in [0.15, 0.2) is 29.8 Å². The number of rotatable bonds is 7. The summed E-state index contributed by atoms with van der Waals surface area (Å²) in [6, 6.07) is 4.22. The molecule has 0 aliphatic carbocycles. The summed E-state index contributed by atoms with van der Waals surface area (Å²) in [7, 11) is 0. The first-order valence-electron chi connectivity index (χ1n) is 10.7. The van der Waals surface area contributed by atoms with Crippen LogP contribution in [-0.4, -0.2) is 79.8 Å². The normalized spacial score (nSPS) is 18.6. The molecule has 3 heterocycles. The van der Waals surface area contributed by atoms with Gasteiger partial charge in [0.15, 0.2) is 0 Å². The Labute approximate surface area is 202 Å². The number of hydroxylamine groups is 2. The summed E-state index contributed by atoms with van der Waals surface area (Å²) >= 11 is 1.38. The zero-order valence-electron chi connectivity index (χ0n) is 18.4. The molecule has 0 unspecified atom stereocenters. The number of cyclic esters (lactones) is 1. The maximum Gasteiger partial charge on any atom is 0.414 e. The van der Waals surface area contributed by atoms with E-state index in [1.165, 1.54) is 34.6 Å². The van der Waals surface area contributed by atoms with E-state index in [9.17, 15) is 23.2 Å². The zero-order valence-corrected chi connectivity index (χ0v) is 19.2. The molecule has 1 aromatic heterocycles. The second kappa shape index (κ2) is 10.9. The number of nitrogens with zero attached hydrogens (tertiary/aromatic N) is 4. The van der Waals surface area contributed by atoms with E-state index in [4.69, 9.17) is 9.57 Å². The average molecular weight is 513 g/mol. The molecule has 0 radical (unpaired) electrons. The van der Waals surface area contributed by atoms with Crippen molar-refractivity contribution < 1.29 is 37.1 Å². The molecule has 2 fully saturated rings. The molecule has 0 bridgehead atoms. The van der Waals surface area contributed by atoms with Crippen molar-refractivity contribution in [2.75, 3.05) is 49.1 Å². The minimum Gasteiger partial charge on any atom is -0.442 e. The van der Waals surface area contributed by atoms with E-state index in [0.29, 0.717) is 18.1 Å². The summed E-state index contributed by atoms with van der Waals surface area (Å²) in [6.45, 7) is 0.768. The fraction of sp³-hybridized carbons (Fsp3) is 0.429. The minimum atomic E-state index is -3.17. The van der Waals surface area contributed by atoms with Crippen LogP contribution in [0.25, 0.3) is 0 Å². The van der Waals surface area contributed by atoms with Crippen molar-refractivity contribution >= 4 is 40.6 Å². The summed E-state index contributed by atoms with van der Waals surface area (Å²) in [5.41, 5.74) is 0.505. The van der Waals surface area contributed by atoms with Crippen LogP contribution >= 0.6 is 11.3 Å². The van der Waals surface area contributed by atoms with Gasteiger partial charge in [0.1, 0.15) is 16.9 Å². The number of halogens is 3. The molecule has 188 valence electrons. The van der Waals surface area contributed by atoms with Crippen LogP contribution < -0.4 is 15.1 Å². The number of thiazole rings is 1. The molecular formula is C21H22F3N5O5S. The molecule has 35 heavy (non-hydrogen) atoms. The van der Waals surface area contributed by atoms with Crippen LogP contribution in [0, 0.1) is 5.82 Å². The van der Waals surface area contributed by atoms with Crippen molar-refractivity contribution in [3.8, 4) is 0 Å². The Kier molecular flexibility index (Phi) is 7.70. The van der Waals surface area contributed by atoms with Crippen molar-refractivity contribution in [3.05, 3.63) is 40.6 Å². The number of anilines is 2. The Balaban J connectivity index is 1.35. The Morgan fingerprint density at radius 2 is 2.09 bits per heavy atom. The molecule has 0 saturated carbocycles. The lowest BCUT2D eigenvalue weighted by Crippen LogP contribution is -2.37. The van der Waals surface area contributed by atoms with E-state index in [0.717, 1.165) is 4.90 Å². The third-order valence-corrected chi connectivity index (χ3v) is 6.18. The van der Waals surface area contributed by atoms with Crippen molar-refractivity contribution in [3.63, 3.8) is 0 Å². The number of ether oxygens (including phenoxy) is 1. The Bertz CT molecular complexity index is 1070. The van der Waals surface area contributed by atoms with Crippen molar-refractivity contribution in [1.29, 1.82) is 0 Å². The van der Waals surface area contributed by atoms with E-state index in [-0.39, 0.29) is 49.9 Å². The highest BCUT2D eigenvalue weighted by atomic mass is 32.1. The molecular weight excluding hydrogens is 491 g/mol. The molecule has 4 rings (SSSR count). The maximum absolute atomic E-state index is 15.0. The van der Waals surface area contributed by atoms with Crippen molar-refractivity contribution in [2.24, 2.45) is 0 Å². The van der Waals surface area contributed by atoms with Gasteiger partial charge in [0.2, 0.25) is 0 Å². The first kappa shape index (κ1) is 24.7. The molecule has 14 heteroatoms. The molecule has 10 nitrogen and oxygen atoms in total. The SMILES string of the molecule is O=C(NC[C@H]1CN(c2ccc(N3CCON(C(=O)Cc4nccs4)CC3)c(F)c2)C(=O)O1)C(F)F. The quantitative estimate of drug-likeness (QED) is 0.602. The van der Waals surface area contributed by atoms with E-state index in [1.807, 2.05) is 5.32 Å². The highest BCUT2D eigenvalue weighted by molar-refractivity contribution is 7.09. The molecule has 1 atom stereocenters. The van der Waals surface area contributed by atoms with Gasteiger partial charge in [-0.05, 0) is 18.2 Å². The second-order valence-corrected chi connectivity index (χ2v) is 8.70. The van der Waals surface area contributed by atoms with Crippen LogP contribution in [0.1, 0.15) is 5.01 Å². The predicted molar refractivity (Wildman–Crippen MR) is 119 cm³/mol.